The number of hydrogen-bond acceptors (Lipinski definition) is 4. The van der Waals surface area contributed by atoms with Crippen LogP contribution in [-0.4, -0.2) is 35.5 Å². The van der Waals surface area contributed by atoms with Crippen LogP contribution in [0.25, 0.3) is 10.8 Å². The molecule has 1 heterocycles. The summed E-state index contributed by atoms with van der Waals surface area (Å²) in [6, 6.07) is 15.4. The summed E-state index contributed by atoms with van der Waals surface area (Å²) < 4.78 is 32.9. The Morgan fingerprint density at radius 2 is 1.74 bits per heavy atom. The van der Waals surface area contributed by atoms with E-state index in [-0.39, 0.29) is 16.6 Å². The average Bonchev–Trinajstić information content (AvgIpc) is 2.94. The van der Waals surface area contributed by atoms with E-state index >= 15 is 0 Å². The highest BCUT2D eigenvalue weighted by molar-refractivity contribution is 7.93. The molecule has 0 spiro atoms. The highest BCUT2D eigenvalue weighted by Gasteiger charge is 2.31. The van der Waals surface area contributed by atoms with Crippen LogP contribution in [0.4, 0.5) is 11.4 Å². The van der Waals surface area contributed by atoms with E-state index in [1.807, 2.05) is 6.07 Å². The van der Waals surface area contributed by atoms with E-state index in [0.717, 1.165) is 11.1 Å². The number of carbonyl (C=O) groups is 1. The van der Waals surface area contributed by atoms with Crippen LogP contribution in [0, 0.1) is 0 Å². The molecule has 27 heavy (non-hydrogen) atoms. The van der Waals surface area contributed by atoms with Gasteiger partial charge in [-0.1, -0.05) is 24.3 Å². The molecule has 4 rings (SSSR count). The number of sulfonamides is 1. The van der Waals surface area contributed by atoms with Gasteiger partial charge >= 0.3 is 0 Å². The fourth-order valence-electron chi connectivity index (χ4n) is 3.50. The van der Waals surface area contributed by atoms with Gasteiger partial charge in [0.15, 0.2) is 0 Å². The molecule has 0 aliphatic carbocycles. The zero-order valence-electron chi connectivity index (χ0n) is 15.1. The lowest BCUT2D eigenvalue weighted by Crippen LogP contribution is -2.27. The molecule has 1 aliphatic heterocycles. The number of benzene rings is 3. The molecule has 3 aromatic rings. The Morgan fingerprint density at radius 3 is 2.48 bits per heavy atom. The highest BCUT2D eigenvalue weighted by Crippen LogP contribution is 2.42. The van der Waals surface area contributed by atoms with Crippen molar-refractivity contribution in [2.75, 3.05) is 30.4 Å². The smallest absolute Gasteiger partial charge is 0.267 e. The van der Waals surface area contributed by atoms with Gasteiger partial charge in [-0.3, -0.25) is 9.10 Å². The van der Waals surface area contributed by atoms with Gasteiger partial charge in [-0.15, -0.1) is 0 Å². The largest absolute Gasteiger partial charge is 0.495 e. The fraction of sp³-hybridized carbons (Fsp3) is 0.150. The number of amides is 1. The van der Waals surface area contributed by atoms with Crippen molar-refractivity contribution in [3.63, 3.8) is 0 Å². The first-order valence-electron chi connectivity index (χ1n) is 8.33. The molecule has 0 atom stereocenters. The molecule has 0 unspecified atom stereocenters. The first-order valence-corrected chi connectivity index (χ1v) is 9.77. The first-order chi connectivity index (χ1) is 12.9. The Kier molecular flexibility index (Phi) is 3.85. The van der Waals surface area contributed by atoms with Gasteiger partial charge in [-0.2, -0.15) is 0 Å². The normalized spacial score (nSPS) is 13.3. The van der Waals surface area contributed by atoms with Crippen LogP contribution >= 0.6 is 0 Å². The number of hydrogen-bond donors (Lipinski definition) is 0. The van der Waals surface area contributed by atoms with Crippen molar-refractivity contribution in [1.82, 2.24) is 0 Å². The lowest BCUT2D eigenvalue weighted by Gasteiger charge is -2.23. The maximum Gasteiger partial charge on any atom is 0.267 e. The SMILES string of the molecule is COc1ccccc1S(=O)(=O)N(C)c1ccc2c3c(cccc13)C(=O)N2C. The van der Waals surface area contributed by atoms with Crippen LogP contribution in [-0.2, 0) is 10.0 Å². The Labute approximate surface area is 157 Å². The predicted octanol–water partition coefficient (Wildman–Crippen LogP) is 3.26. The summed E-state index contributed by atoms with van der Waals surface area (Å²) in [7, 11) is 0.811. The van der Waals surface area contributed by atoms with E-state index in [1.165, 1.54) is 24.5 Å². The minimum Gasteiger partial charge on any atom is -0.495 e. The molecule has 0 saturated carbocycles. The number of carbonyl (C=O) groups excluding carboxylic acids is 1. The standard InChI is InChI=1S/C20H18N2O4S/c1-21-16-12-11-15(13-7-6-8-14(19(13)16)20(21)23)22(2)27(24,25)18-10-5-4-9-17(18)26-3/h4-12H,1-3H3. The maximum atomic E-state index is 13.2. The van der Waals surface area contributed by atoms with Gasteiger partial charge in [0, 0.05) is 30.4 Å². The van der Waals surface area contributed by atoms with E-state index in [9.17, 15) is 13.2 Å². The van der Waals surface area contributed by atoms with Crippen molar-refractivity contribution < 1.29 is 17.9 Å². The Bertz CT molecular complexity index is 1190. The molecule has 0 radical (unpaired) electrons. The molecular weight excluding hydrogens is 364 g/mol. The molecule has 7 heteroatoms. The lowest BCUT2D eigenvalue weighted by molar-refractivity contribution is 0.0999. The average molecular weight is 382 g/mol. The van der Waals surface area contributed by atoms with Crippen molar-refractivity contribution in [2.24, 2.45) is 0 Å². The molecule has 0 N–H and O–H groups in total. The van der Waals surface area contributed by atoms with E-state index in [4.69, 9.17) is 4.74 Å². The summed E-state index contributed by atoms with van der Waals surface area (Å²) in [4.78, 5) is 14.1. The van der Waals surface area contributed by atoms with Gasteiger partial charge in [0.25, 0.3) is 15.9 Å². The third-order valence-corrected chi connectivity index (χ3v) is 6.75. The van der Waals surface area contributed by atoms with E-state index in [1.54, 1.807) is 54.4 Å². The minimum absolute atomic E-state index is 0.0893. The quantitative estimate of drug-likeness (QED) is 0.695. The van der Waals surface area contributed by atoms with E-state index in [2.05, 4.69) is 0 Å². The number of ether oxygens (including phenoxy) is 1. The van der Waals surface area contributed by atoms with Gasteiger partial charge in [0.05, 0.1) is 18.5 Å². The van der Waals surface area contributed by atoms with Gasteiger partial charge in [-0.25, -0.2) is 8.42 Å². The van der Waals surface area contributed by atoms with Crippen LogP contribution in [0.5, 0.6) is 5.75 Å². The zero-order chi connectivity index (χ0) is 19.3. The third-order valence-electron chi connectivity index (χ3n) is 4.94. The molecule has 1 aliphatic rings. The van der Waals surface area contributed by atoms with Gasteiger partial charge in [0.1, 0.15) is 10.6 Å². The monoisotopic (exact) mass is 382 g/mol. The third kappa shape index (κ3) is 2.39. The minimum atomic E-state index is -3.85. The number of para-hydroxylation sites is 1. The van der Waals surface area contributed by atoms with Crippen LogP contribution in [0.2, 0.25) is 0 Å². The summed E-state index contributed by atoms with van der Waals surface area (Å²) in [5.41, 5.74) is 1.86. The van der Waals surface area contributed by atoms with E-state index < -0.39 is 10.0 Å². The van der Waals surface area contributed by atoms with Gasteiger partial charge in [-0.05, 0) is 30.3 Å². The van der Waals surface area contributed by atoms with Crippen molar-refractivity contribution in [1.29, 1.82) is 0 Å². The fourth-order valence-corrected chi connectivity index (χ4v) is 4.87. The van der Waals surface area contributed by atoms with Gasteiger partial charge < -0.3 is 9.64 Å². The van der Waals surface area contributed by atoms with Crippen LogP contribution < -0.4 is 13.9 Å². The van der Waals surface area contributed by atoms with Crippen LogP contribution in [0.15, 0.2) is 59.5 Å². The van der Waals surface area contributed by atoms with E-state index in [0.29, 0.717) is 16.6 Å². The molecular formula is C20H18N2O4S. The molecule has 6 nitrogen and oxygen atoms in total. The van der Waals surface area contributed by atoms with Crippen molar-refractivity contribution in [3.8, 4) is 5.75 Å². The first kappa shape index (κ1) is 17.4. The molecule has 0 aromatic heterocycles. The second-order valence-electron chi connectivity index (χ2n) is 6.32. The zero-order valence-corrected chi connectivity index (χ0v) is 15.9. The Hall–Kier alpha value is -3.06. The summed E-state index contributed by atoms with van der Waals surface area (Å²) >= 11 is 0. The predicted molar refractivity (Wildman–Crippen MR) is 105 cm³/mol. The summed E-state index contributed by atoms with van der Waals surface area (Å²) in [5.74, 6) is 0.188. The number of rotatable bonds is 4. The second kappa shape index (κ2) is 5.99. The lowest BCUT2D eigenvalue weighted by atomic mass is 10.0. The topological polar surface area (TPSA) is 66.9 Å². The maximum absolute atomic E-state index is 13.2. The molecule has 0 fully saturated rings. The van der Waals surface area contributed by atoms with Gasteiger partial charge in [0.2, 0.25) is 0 Å². The number of nitrogens with zero attached hydrogens (tertiary/aromatic N) is 2. The molecule has 3 aromatic carbocycles. The molecule has 0 bridgehead atoms. The van der Waals surface area contributed by atoms with Crippen LogP contribution in [0.1, 0.15) is 10.4 Å². The Balaban J connectivity index is 1.93. The summed E-state index contributed by atoms with van der Waals surface area (Å²) in [5, 5.41) is 1.48. The second-order valence-corrected chi connectivity index (χ2v) is 8.26. The molecule has 1 amide bonds. The summed E-state index contributed by atoms with van der Waals surface area (Å²) in [6.45, 7) is 0. The van der Waals surface area contributed by atoms with Crippen LogP contribution in [0.3, 0.4) is 0 Å². The van der Waals surface area contributed by atoms with Crippen molar-refractivity contribution in [2.45, 2.75) is 4.90 Å². The molecule has 138 valence electrons. The van der Waals surface area contributed by atoms with Crippen molar-refractivity contribution >= 4 is 38.1 Å². The Morgan fingerprint density at radius 1 is 1.00 bits per heavy atom. The number of anilines is 2. The highest BCUT2D eigenvalue weighted by atomic mass is 32.2. The number of methoxy groups -OCH3 is 1. The van der Waals surface area contributed by atoms with Crippen molar-refractivity contribution in [3.05, 3.63) is 60.2 Å². The molecule has 0 saturated heterocycles. The summed E-state index contributed by atoms with van der Waals surface area (Å²) in [6.07, 6.45) is 0.